The molecule has 0 amide bonds. The summed E-state index contributed by atoms with van der Waals surface area (Å²) in [4.78, 5) is 9.34. The topological polar surface area (TPSA) is 56.9 Å². The second-order valence-electron chi connectivity index (χ2n) is 6.82. The van der Waals surface area contributed by atoms with Crippen LogP contribution >= 0.6 is 33.9 Å². The summed E-state index contributed by atoms with van der Waals surface area (Å²) in [5.74, 6) is 0.890. The molecule has 3 rings (SSSR count). The molecule has 3 N–H and O–H groups in total. The first-order valence-corrected chi connectivity index (χ1v) is 10.9. The molecule has 1 saturated carbocycles. The van der Waals surface area contributed by atoms with Crippen LogP contribution in [0.1, 0.15) is 32.6 Å². The van der Waals surface area contributed by atoms with Gasteiger partial charge in [-0.3, -0.25) is 4.90 Å². The maximum Gasteiger partial charge on any atom is 0.199 e. The van der Waals surface area contributed by atoms with Gasteiger partial charge in [0.2, 0.25) is 0 Å². The van der Waals surface area contributed by atoms with Crippen LogP contribution in [0.3, 0.4) is 0 Å². The largest absolute Gasteiger partial charge is 0.378 e. The zero-order valence-electron chi connectivity index (χ0n) is 16.2. The molecule has 1 aliphatic carbocycles. The number of amidine groups is 1. The van der Waals surface area contributed by atoms with Gasteiger partial charge in [0.25, 0.3) is 0 Å². The van der Waals surface area contributed by atoms with Crippen molar-refractivity contribution >= 4 is 55.5 Å². The molecular formula is C19H32N5PS2. The van der Waals surface area contributed by atoms with E-state index in [1.807, 2.05) is 6.92 Å². The lowest BCUT2D eigenvalue weighted by Crippen LogP contribution is -2.49. The SMILES string of the molecule is CCSC(N)=NC(=S)Nc1ccc(N2CCN(C3CCCC3)CC2)cc1.P. The number of rotatable bonds is 4. The fourth-order valence-corrected chi connectivity index (χ4v) is 4.53. The monoisotopic (exact) mass is 425 g/mol. The van der Waals surface area contributed by atoms with E-state index in [2.05, 4.69) is 44.4 Å². The Kier molecular flexibility index (Phi) is 9.30. The van der Waals surface area contributed by atoms with Gasteiger partial charge in [0, 0.05) is 43.6 Å². The molecule has 1 heterocycles. The van der Waals surface area contributed by atoms with Crippen LogP contribution in [0.2, 0.25) is 0 Å². The number of benzene rings is 1. The predicted octanol–water partition coefficient (Wildman–Crippen LogP) is 3.57. The van der Waals surface area contributed by atoms with E-state index in [4.69, 9.17) is 18.0 Å². The third-order valence-corrected chi connectivity index (χ3v) is 6.01. The lowest BCUT2D eigenvalue weighted by atomic mass is 10.1. The average Bonchev–Trinajstić information content (AvgIpc) is 3.17. The molecule has 2 fully saturated rings. The molecule has 2 aliphatic rings. The van der Waals surface area contributed by atoms with E-state index < -0.39 is 0 Å². The molecule has 1 aromatic rings. The lowest BCUT2D eigenvalue weighted by Gasteiger charge is -2.39. The van der Waals surface area contributed by atoms with Gasteiger partial charge >= 0.3 is 0 Å². The molecular weight excluding hydrogens is 393 g/mol. The van der Waals surface area contributed by atoms with E-state index in [1.165, 1.54) is 56.2 Å². The number of hydrogen-bond acceptors (Lipinski definition) is 4. The van der Waals surface area contributed by atoms with Gasteiger partial charge in [-0.15, -0.1) is 0 Å². The first kappa shape index (κ1) is 22.4. The van der Waals surface area contributed by atoms with Crippen LogP contribution in [-0.2, 0) is 0 Å². The molecule has 1 saturated heterocycles. The molecule has 1 atom stereocenters. The lowest BCUT2D eigenvalue weighted by molar-refractivity contribution is 0.187. The number of nitrogens with zero attached hydrogens (tertiary/aromatic N) is 3. The van der Waals surface area contributed by atoms with Crippen LogP contribution in [0, 0.1) is 0 Å². The van der Waals surface area contributed by atoms with Gasteiger partial charge in [0.15, 0.2) is 10.3 Å². The van der Waals surface area contributed by atoms with Crippen molar-refractivity contribution in [2.24, 2.45) is 10.7 Å². The Balaban J connectivity index is 0.00000261. The summed E-state index contributed by atoms with van der Waals surface area (Å²) in [6, 6.07) is 9.27. The standard InChI is InChI=1S/C19H29N5S2.H3P/c1-2-26-18(20)22-19(25)21-15-7-9-17(10-8-15)24-13-11-23(12-14-24)16-5-3-4-6-16;/h7-10,16H,2-6,11-14H2,1H3,(H3,20,21,22,25);1H3. The summed E-state index contributed by atoms with van der Waals surface area (Å²) in [5.41, 5.74) is 8.01. The van der Waals surface area contributed by atoms with Gasteiger partial charge in [-0.2, -0.15) is 14.9 Å². The summed E-state index contributed by atoms with van der Waals surface area (Å²) in [6.45, 7) is 6.61. The first-order chi connectivity index (χ1) is 12.7. The zero-order valence-corrected chi connectivity index (χ0v) is 19.2. The van der Waals surface area contributed by atoms with E-state index in [0.29, 0.717) is 10.3 Å². The third-order valence-electron chi connectivity index (χ3n) is 5.14. The highest BCUT2D eigenvalue weighted by Gasteiger charge is 2.26. The number of thioether (sulfide) groups is 1. The summed E-state index contributed by atoms with van der Waals surface area (Å²) >= 11 is 6.73. The Morgan fingerprint density at radius 3 is 2.41 bits per heavy atom. The Morgan fingerprint density at radius 1 is 1.19 bits per heavy atom. The number of nitrogens with two attached hydrogens (primary N) is 1. The highest BCUT2D eigenvalue weighted by molar-refractivity contribution is 8.13. The Hall–Kier alpha value is -0.880. The van der Waals surface area contributed by atoms with Gasteiger partial charge in [-0.05, 0) is 55.1 Å². The second-order valence-corrected chi connectivity index (χ2v) is 8.49. The van der Waals surface area contributed by atoms with E-state index >= 15 is 0 Å². The van der Waals surface area contributed by atoms with E-state index in [0.717, 1.165) is 30.6 Å². The highest BCUT2D eigenvalue weighted by atomic mass is 32.2. The van der Waals surface area contributed by atoms with E-state index in [-0.39, 0.29) is 9.90 Å². The van der Waals surface area contributed by atoms with Crippen LogP contribution < -0.4 is 16.0 Å². The van der Waals surface area contributed by atoms with Crippen molar-refractivity contribution < 1.29 is 0 Å². The van der Waals surface area contributed by atoms with Crippen molar-refractivity contribution in [3.63, 3.8) is 0 Å². The smallest absolute Gasteiger partial charge is 0.199 e. The number of aliphatic imine (C=N–C) groups is 1. The second kappa shape index (κ2) is 11.2. The molecule has 27 heavy (non-hydrogen) atoms. The van der Waals surface area contributed by atoms with Crippen LogP contribution in [0.25, 0.3) is 0 Å². The Bertz CT molecular complexity index is 623. The van der Waals surface area contributed by atoms with Gasteiger partial charge in [-0.1, -0.05) is 31.5 Å². The highest BCUT2D eigenvalue weighted by Crippen LogP contribution is 2.26. The van der Waals surface area contributed by atoms with Gasteiger partial charge < -0.3 is 16.0 Å². The third kappa shape index (κ3) is 6.60. The van der Waals surface area contributed by atoms with Crippen LogP contribution in [0.5, 0.6) is 0 Å². The van der Waals surface area contributed by atoms with Crippen molar-refractivity contribution in [2.75, 3.05) is 42.1 Å². The van der Waals surface area contributed by atoms with Crippen molar-refractivity contribution in [3.8, 4) is 0 Å². The average molecular weight is 426 g/mol. The summed E-state index contributed by atoms with van der Waals surface area (Å²) in [7, 11) is 0. The molecule has 1 unspecified atom stereocenters. The normalized spacial score (nSPS) is 19.0. The fraction of sp³-hybridized carbons (Fsp3) is 0.579. The van der Waals surface area contributed by atoms with Crippen molar-refractivity contribution in [1.82, 2.24) is 4.90 Å². The van der Waals surface area contributed by atoms with Crippen LogP contribution in [0.15, 0.2) is 29.3 Å². The van der Waals surface area contributed by atoms with Crippen LogP contribution in [0.4, 0.5) is 11.4 Å². The summed E-state index contributed by atoms with van der Waals surface area (Å²) in [5, 5.41) is 4.04. The predicted molar refractivity (Wildman–Crippen MR) is 130 cm³/mol. The first-order valence-electron chi connectivity index (χ1n) is 9.52. The summed E-state index contributed by atoms with van der Waals surface area (Å²) in [6.07, 6.45) is 5.61. The van der Waals surface area contributed by atoms with Gasteiger partial charge in [0.1, 0.15) is 0 Å². The molecule has 150 valence electrons. The minimum absolute atomic E-state index is 0. The van der Waals surface area contributed by atoms with Crippen LogP contribution in [-0.4, -0.2) is 53.2 Å². The number of piperazine rings is 1. The maximum absolute atomic E-state index is 5.79. The zero-order chi connectivity index (χ0) is 18.4. The van der Waals surface area contributed by atoms with Crippen molar-refractivity contribution in [1.29, 1.82) is 0 Å². The molecule has 0 bridgehead atoms. The van der Waals surface area contributed by atoms with Gasteiger partial charge in [-0.25, -0.2) is 0 Å². The number of hydrogen-bond donors (Lipinski definition) is 2. The number of anilines is 2. The molecule has 1 aromatic carbocycles. The Morgan fingerprint density at radius 2 is 1.81 bits per heavy atom. The quantitative estimate of drug-likeness (QED) is 0.333. The van der Waals surface area contributed by atoms with Gasteiger partial charge in [0.05, 0.1) is 0 Å². The fourth-order valence-electron chi connectivity index (χ4n) is 3.80. The minimum Gasteiger partial charge on any atom is -0.378 e. The van der Waals surface area contributed by atoms with E-state index in [1.54, 1.807) is 0 Å². The molecule has 0 aromatic heterocycles. The van der Waals surface area contributed by atoms with E-state index in [9.17, 15) is 0 Å². The van der Waals surface area contributed by atoms with Crippen molar-refractivity contribution in [2.45, 2.75) is 38.6 Å². The van der Waals surface area contributed by atoms with Crippen molar-refractivity contribution in [3.05, 3.63) is 24.3 Å². The molecule has 0 radical (unpaired) electrons. The Labute approximate surface area is 176 Å². The summed E-state index contributed by atoms with van der Waals surface area (Å²) < 4.78 is 0. The number of nitrogens with one attached hydrogen (secondary N) is 1. The molecule has 0 spiro atoms. The maximum atomic E-state index is 5.79. The molecule has 1 aliphatic heterocycles. The number of thiocarbonyl (C=S) groups is 1. The molecule has 5 nitrogen and oxygen atoms in total. The minimum atomic E-state index is 0. The molecule has 8 heteroatoms.